The third-order valence-electron chi connectivity index (χ3n) is 2.87. The minimum Gasteiger partial charge on any atom is -0.508 e. The lowest BCUT2D eigenvalue weighted by Crippen LogP contribution is -2.37. The second-order valence-corrected chi connectivity index (χ2v) is 5.43. The first-order chi connectivity index (χ1) is 8.47. The van der Waals surface area contributed by atoms with E-state index in [1.165, 1.54) is 0 Å². The number of halogens is 1. The van der Waals surface area contributed by atoms with Crippen LogP contribution in [0.5, 0.6) is 5.75 Å². The van der Waals surface area contributed by atoms with Gasteiger partial charge < -0.3 is 10.0 Å². The van der Waals surface area contributed by atoms with Crippen LogP contribution >= 0.6 is 15.9 Å². The molecule has 3 nitrogen and oxygen atoms in total. The molecule has 0 saturated carbocycles. The Balaban J connectivity index is 2.91. The number of hydrogen-bond donors (Lipinski definition) is 1. The van der Waals surface area contributed by atoms with Crippen molar-refractivity contribution in [1.29, 1.82) is 0 Å². The van der Waals surface area contributed by atoms with Gasteiger partial charge in [0.05, 0.1) is 0 Å². The van der Waals surface area contributed by atoms with E-state index < -0.39 is 0 Å². The molecule has 0 bridgehead atoms. The maximum atomic E-state index is 12.4. The Hall–Kier alpha value is -1.03. The van der Waals surface area contributed by atoms with Gasteiger partial charge in [-0.15, -0.1) is 0 Å². The number of hydrogen-bond acceptors (Lipinski definition) is 2. The lowest BCUT2D eigenvalue weighted by Gasteiger charge is -2.26. The molecule has 0 heterocycles. The van der Waals surface area contributed by atoms with Crippen LogP contribution in [0.4, 0.5) is 0 Å². The third kappa shape index (κ3) is 3.73. The Morgan fingerprint density at radius 2 is 2.11 bits per heavy atom. The molecule has 0 fully saturated rings. The summed E-state index contributed by atoms with van der Waals surface area (Å²) >= 11 is 3.38. The van der Waals surface area contributed by atoms with Crippen LogP contribution in [0.1, 0.15) is 36.2 Å². The molecule has 1 aromatic rings. The summed E-state index contributed by atoms with van der Waals surface area (Å²) in [6.45, 7) is 6.53. The van der Waals surface area contributed by atoms with Crippen LogP contribution in [0, 0.1) is 6.92 Å². The number of alkyl halides is 1. The Bertz CT molecular complexity index is 418. The Morgan fingerprint density at radius 3 is 2.61 bits per heavy atom. The number of aryl methyl sites for hydroxylation is 1. The van der Waals surface area contributed by atoms with Crippen molar-refractivity contribution < 1.29 is 9.90 Å². The number of carbonyl (C=O) groups is 1. The minimum atomic E-state index is -0.0266. The van der Waals surface area contributed by atoms with Gasteiger partial charge in [0.2, 0.25) is 0 Å². The zero-order chi connectivity index (χ0) is 13.7. The van der Waals surface area contributed by atoms with Crippen molar-refractivity contribution >= 4 is 21.8 Å². The van der Waals surface area contributed by atoms with Crippen molar-refractivity contribution in [2.75, 3.05) is 11.9 Å². The van der Waals surface area contributed by atoms with Gasteiger partial charge in [-0.3, -0.25) is 4.79 Å². The first-order valence-electron chi connectivity index (χ1n) is 6.14. The molecule has 1 amide bonds. The lowest BCUT2D eigenvalue weighted by atomic mass is 10.1. The standard InChI is InChI=1S/C14H20BrNO2/c1-10(2)16(8-4-7-15)14(18)12-6-5-11(3)13(17)9-12/h5-6,9-10,17H,4,7-8H2,1-3H3. The van der Waals surface area contributed by atoms with Gasteiger partial charge in [0.1, 0.15) is 5.75 Å². The summed E-state index contributed by atoms with van der Waals surface area (Å²) in [7, 11) is 0. The minimum absolute atomic E-state index is 0.0266. The molecule has 1 rings (SSSR count). The summed E-state index contributed by atoms with van der Waals surface area (Å²) in [6, 6.07) is 5.23. The van der Waals surface area contributed by atoms with E-state index in [0.29, 0.717) is 5.56 Å². The molecule has 0 aromatic heterocycles. The van der Waals surface area contributed by atoms with Crippen molar-refractivity contribution in [1.82, 2.24) is 4.90 Å². The van der Waals surface area contributed by atoms with E-state index in [9.17, 15) is 9.90 Å². The number of benzene rings is 1. The summed E-state index contributed by atoms with van der Waals surface area (Å²) in [5, 5.41) is 10.5. The van der Waals surface area contributed by atoms with E-state index in [2.05, 4.69) is 15.9 Å². The van der Waals surface area contributed by atoms with Gasteiger partial charge >= 0.3 is 0 Å². The van der Waals surface area contributed by atoms with Crippen molar-refractivity contribution in [3.63, 3.8) is 0 Å². The van der Waals surface area contributed by atoms with Crippen LogP contribution < -0.4 is 0 Å². The number of rotatable bonds is 5. The van der Waals surface area contributed by atoms with E-state index in [4.69, 9.17) is 0 Å². The zero-order valence-electron chi connectivity index (χ0n) is 11.1. The maximum Gasteiger partial charge on any atom is 0.254 e. The second-order valence-electron chi connectivity index (χ2n) is 4.64. The molecule has 0 aliphatic rings. The number of nitrogens with zero attached hydrogens (tertiary/aromatic N) is 1. The first-order valence-corrected chi connectivity index (χ1v) is 7.26. The smallest absolute Gasteiger partial charge is 0.254 e. The highest BCUT2D eigenvalue weighted by Gasteiger charge is 2.18. The van der Waals surface area contributed by atoms with Crippen LogP contribution in [-0.2, 0) is 0 Å². The molecule has 0 unspecified atom stereocenters. The molecule has 0 radical (unpaired) electrons. The van der Waals surface area contributed by atoms with E-state index >= 15 is 0 Å². The van der Waals surface area contributed by atoms with Crippen molar-refractivity contribution in [2.24, 2.45) is 0 Å². The molecule has 0 spiro atoms. The van der Waals surface area contributed by atoms with Crippen molar-refractivity contribution in [2.45, 2.75) is 33.2 Å². The molecule has 1 aromatic carbocycles. The predicted octanol–water partition coefficient (Wildman–Crippen LogP) is 3.34. The summed E-state index contributed by atoms with van der Waals surface area (Å²) in [5.74, 6) is 0.145. The average Bonchev–Trinajstić information content (AvgIpc) is 2.32. The SMILES string of the molecule is Cc1ccc(C(=O)N(CCCBr)C(C)C)cc1O. The fourth-order valence-corrected chi connectivity index (χ4v) is 1.98. The predicted molar refractivity (Wildman–Crippen MR) is 77.4 cm³/mol. The summed E-state index contributed by atoms with van der Waals surface area (Å²) in [4.78, 5) is 14.2. The molecule has 0 saturated heterocycles. The Labute approximate surface area is 117 Å². The quantitative estimate of drug-likeness (QED) is 0.847. The van der Waals surface area contributed by atoms with Gasteiger partial charge in [0.25, 0.3) is 5.91 Å². The molecular weight excluding hydrogens is 294 g/mol. The van der Waals surface area contributed by atoms with E-state index in [1.54, 1.807) is 18.2 Å². The number of carbonyl (C=O) groups excluding carboxylic acids is 1. The van der Waals surface area contributed by atoms with Crippen LogP contribution in [0.15, 0.2) is 18.2 Å². The van der Waals surface area contributed by atoms with Crippen LogP contribution in [-0.4, -0.2) is 33.8 Å². The molecule has 18 heavy (non-hydrogen) atoms. The molecule has 1 N–H and O–H groups in total. The molecule has 0 aliphatic heterocycles. The summed E-state index contributed by atoms with van der Waals surface area (Å²) in [6.07, 6.45) is 0.918. The topological polar surface area (TPSA) is 40.5 Å². The number of phenols is 1. The van der Waals surface area contributed by atoms with E-state index in [1.807, 2.05) is 25.7 Å². The van der Waals surface area contributed by atoms with Gasteiger partial charge in [0.15, 0.2) is 0 Å². The highest BCUT2D eigenvalue weighted by molar-refractivity contribution is 9.09. The van der Waals surface area contributed by atoms with Crippen molar-refractivity contribution in [3.8, 4) is 5.75 Å². The van der Waals surface area contributed by atoms with E-state index in [-0.39, 0.29) is 17.7 Å². The molecular formula is C14H20BrNO2. The van der Waals surface area contributed by atoms with Gasteiger partial charge in [-0.05, 0) is 44.9 Å². The Kier molecular flexibility index (Phi) is 5.66. The molecule has 0 aliphatic carbocycles. The van der Waals surface area contributed by atoms with Gasteiger partial charge in [-0.25, -0.2) is 0 Å². The Morgan fingerprint density at radius 1 is 1.44 bits per heavy atom. The van der Waals surface area contributed by atoms with Crippen LogP contribution in [0.2, 0.25) is 0 Å². The first kappa shape index (κ1) is 15.0. The second kappa shape index (κ2) is 6.78. The van der Waals surface area contributed by atoms with E-state index in [0.717, 1.165) is 23.9 Å². The molecule has 4 heteroatoms. The monoisotopic (exact) mass is 313 g/mol. The van der Waals surface area contributed by atoms with Crippen LogP contribution in [0.3, 0.4) is 0 Å². The van der Waals surface area contributed by atoms with Crippen molar-refractivity contribution in [3.05, 3.63) is 29.3 Å². The lowest BCUT2D eigenvalue weighted by molar-refractivity contribution is 0.0706. The summed E-state index contributed by atoms with van der Waals surface area (Å²) in [5.41, 5.74) is 1.32. The number of phenolic OH excluding ortho intramolecular Hbond substituents is 1. The van der Waals surface area contributed by atoms with Gasteiger partial charge in [-0.1, -0.05) is 22.0 Å². The number of aromatic hydroxyl groups is 1. The van der Waals surface area contributed by atoms with Gasteiger partial charge in [-0.2, -0.15) is 0 Å². The zero-order valence-corrected chi connectivity index (χ0v) is 12.7. The van der Waals surface area contributed by atoms with Crippen LogP contribution in [0.25, 0.3) is 0 Å². The highest BCUT2D eigenvalue weighted by Crippen LogP contribution is 2.19. The summed E-state index contributed by atoms with van der Waals surface area (Å²) < 4.78 is 0. The fraction of sp³-hybridized carbons (Fsp3) is 0.500. The fourth-order valence-electron chi connectivity index (χ4n) is 1.73. The highest BCUT2D eigenvalue weighted by atomic mass is 79.9. The largest absolute Gasteiger partial charge is 0.508 e. The maximum absolute atomic E-state index is 12.4. The third-order valence-corrected chi connectivity index (χ3v) is 3.43. The number of amides is 1. The normalized spacial score (nSPS) is 10.7. The molecule has 100 valence electrons. The van der Waals surface area contributed by atoms with Gasteiger partial charge in [0, 0.05) is 23.5 Å². The average molecular weight is 314 g/mol. The molecule has 0 atom stereocenters.